The van der Waals surface area contributed by atoms with E-state index in [9.17, 15) is 38.7 Å². The molecule has 0 spiro atoms. The van der Waals surface area contributed by atoms with Crippen molar-refractivity contribution in [2.24, 2.45) is 5.73 Å². The van der Waals surface area contributed by atoms with Gasteiger partial charge in [0.15, 0.2) is 0 Å². The van der Waals surface area contributed by atoms with Crippen LogP contribution in [0.5, 0.6) is 0 Å². The highest BCUT2D eigenvalue weighted by Gasteiger charge is 2.21. The quantitative estimate of drug-likeness (QED) is 0.0434. The van der Waals surface area contributed by atoms with E-state index in [1.54, 1.807) is 0 Å². The number of hydrogen-bond acceptors (Lipinski definition) is 12. The van der Waals surface area contributed by atoms with Crippen LogP contribution in [0.1, 0.15) is 142 Å². The first-order valence-corrected chi connectivity index (χ1v) is 22.0. The summed E-state index contributed by atoms with van der Waals surface area (Å²) in [6.07, 6.45) is 17.5. The largest absolute Gasteiger partial charge is 0.481 e. The van der Waals surface area contributed by atoms with Gasteiger partial charge in [0.25, 0.3) is 0 Å². The number of ether oxygens (including phenoxy) is 4. The molecule has 0 saturated carbocycles. The second kappa shape index (κ2) is 40.7. The summed E-state index contributed by atoms with van der Waals surface area (Å²) in [5.74, 6) is -3.19. The van der Waals surface area contributed by atoms with Crippen LogP contribution in [-0.4, -0.2) is 136 Å². The lowest BCUT2D eigenvalue weighted by Crippen LogP contribution is -2.41. The maximum atomic E-state index is 12.3. The summed E-state index contributed by atoms with van der Waals surface area (Å²) in [6, 6.07) is -1.59. The third-order valence-electron chi connectivity index (χ3n) is 9.47. The minimum atomic E-state index is -1.18. The summed E-state index contributed by atoms with van der Waals surface area (Å²) < 4.78 is 21.3. The van der Waals surface area contributed by atoms with E-state index in [1.807, 2.05) is 0 Å². The average Bonchev–Trinajstić information content (AvgIpc) is 3.20. The number of carboxylic acids is 2. The molecule has 0 aliphatic carbocycles. The summed E-state index contributed by atoms with van der Waals surface area (Å²) in [5.41, 5.74) is 5.67. The van der Waals surface area contributed by atoms with Crippen LogP contribution in [0.15, 0.2) is 0 Å². The van der Waals surface area contributed by atoms with E-state index in [0.717, 1.165) is 51.4 Å². The maximum absolute atomic E-state index is 12.3. The summed E-state index contributed by atoms with van der Waals surface area (Å²) >= 11 is 0. The summed E-state index contributed by atoms with van der Waals surface area (Å²) in [6.45, 7) is 3.49. The molecule has 18 nitrogen and oxygen atoms in total. The average molecular weight is 860 g/mol. The Morgan fingerprint density at radius 1 is 0.467 bits per heavy atom. The van der Waals surface area contributed by atoms with E-state index in [4.69, 9.17) is 29.8 Å². The van der Waals surface area contributed by atoms with Gasteiger partial charge in [-0.3, -0.25) is 28.8 Å². The lowest BCUT2D eigenvalue weighted by molar-refractivity contribution is -0.142. The van der Waals surface area contributed by atoms with Gasteiger partial charge >= 0.3 is 11.9 Å². The van der Waals surface area contributed by atoms with Crippen LogP contribution in [0.3, 0.4) is 0 Å². The molecular formula is C42H77N5O13. The van der Waals surface area contributed by atoms with Gasteiger partial charge in [0.1, 0.15) is 25.0 Å². The fraction of sp³-hybridized carbons (Fsp3) is 0.833. The first-order valence-electron chi connectivity index (χ1n) is 22.0. The lowest BCUT2D eigenvalue weighted by Gasteiger charge is -2.14. The zero-order valence-electron chi connectivity index (χ0n) is 36.2. The minimum Gasteiger partial charge on any atom is -0.481 e. The Morgan fingerprint density at radius 3 is 1.37 bits per heavy atom. The van der Waals surface area contributed by atoms with Crippen LogP contribution in [0.25, 0.3) is 0 Å². The van der Waals surface area contributed by atoms with Crippen molar-refractivity contribution in [2.45, 2.75) is 154 Å². The topological polar surface area (TPSA) is 271 Å². The number of ketones is 1. The van der Waals surface area contributed by atoms with Crippen molar-refractivity contribution in [3.05, 3.63) is 0 Å². The highest BCUT2D eigenvalue weighted by Crippen LogP contribution is 2.14. The van der Waals surface area contributed by atoms with Gasteiger partial charge < -0.3 is 56.2 Å². The van der Waals surface area contributed by atoms with Crippen LogP contribution in [0, 0.1) is 0 Å². The number of unbranched alkanes of at least 4 members (excludes halogenated alkanes) is 14. The maximum Gasteiger partial charge on any atom is 0.326 e. The minimum absolute atomic E-state index is 0.0271. The van der Waals surface area contributed by atoms with Gasteiger partial charge in [0.2, 0.25) is 23.6 Å². The van der Waals surface area contributed by atoms with Crippen molar-refractivity contribution in [3.63, 3.8) is 0 Å². The van der Waals surface area contributed by atoms with E-state index in [1.165, 1.54) is 51.9 Å². The van der Waals surface area contributed by atoms with Crippen molar-refractivity contribution < 1.29 is 62.7 Å². The van der Waals surface area contributed by atoms with Crippen molar-refractivity contribution in [1.29, 1.82) is 0 Å². The molecule has 0 aromatic carbocycles. The predicted octanol–water partition coefficient (Wildman–Crippen LogP) is 3.16. The first kappa shape index (κ1) is 56.3. The van der Waals surface area contributed by atoms with Gasteiger partial charge in [-0.05, 0) is 45.4 Å². The molecule has 0 saturated heterocycles. The standard InChI is InChI=1S/C42H77N5O13/c1-34(48)35(43)18-16-17-23-44-39(51)32-59-30-29-58-27-25-46-40(52)33-60-31-28-57-26-24-45-37(49)22-21-36(42(55)56)47-38(50)19-14-12-10-8-6-4-2-3-5-7-9-11-13-15-20-41(53)54/h35-36H,2-33,43H2,1H3,(H,44,51)(H,45,49)(H,46,52)(H,47,50)(H,53,54)(H,55,56). The second-order valence-electron chi connectivity index (χ2n) is 14.9. The molecule has 4 amide bonds. The fourth-order valence-electron chi connectivity index (χ4n) is 5.89. The zero-order valence-corrected chi connectivity index (χ0v) is 36.2. The third-order valence-corrected chi connectivity index (χ3v) is 9.47. The SMILES string of the molecule is CC(=O)C(N)CCCCNC(=O)COCCOCCNC(=O)COCCOCCNC(=O)CCC(NC(=O)CCCCCCCCCCCCCCCCC(=O)O)C(=O)O. The van der Waals surface area contributed by atoms with Crippen LogP contribution in [0.2, 0.25) is 0 Å². The molecule has 2 atom stereocenters. The number of carbonyl (C=O) groups excluding carboxylic acids is 5. The molecule has 60 heavy (non-hydrogen) atoms. The van der Waals surface area contributed by atoms with Gasteiger partial charge in [-0.15, -0.1) is 0 Å². The number of hydrogen-bond donors (Lipinski definition) is 7. The number of aliphatic carboxylic acids is 2. The van der Waals surface area contributed by atoms with Crippen molar-refractivity contribution in [3.8, 4) is 0 Å². The number of carboxylic acid groups (broad SMARTS) is 2. The van der Waals surface area contributed by atoms with Crippen molar-refractivity contribution >= 4 is 41.4 Å². The molecule has 0 radical (unpaired) electrons. The Labute approximate surface area is 356 Å². The van der Waals surface area contributed by atoms with Gasteiger partial charge in [0.05, 0.1) is 45.7 Å². The lowest BCUT2D eigenvalue weighted by atomic mass is 10.0. The number of nitrogens with one attached hydrogen (secondary N) is 4. The molecule has 0 aromatic rings. The molecule has 0 heterocycles. The molecule has 18 heteroatoms. The summed E-state index contributed by atoms with van der Waals surface area (Å²) in [5, 5.41) is 28.7. The highest BCUT2D eigenvalue weighted by atomic mass is 16.5. The van der Waals surface area contributed by atoms with Crippen molar-refractivity contribution in [1.82, 2.24) is 21.3 Å². The van der Waals surface area contributed by atoms with Crippen molar-refractivity contribution in [2.75, 3.05) is 72.5 Å². The number of rotatable bonds is 44. The van der Waals surface area contributed by atoms with Crippen LogP contribution < -0.4 is 27.0 Å². The predicted molar refractivity (Wildman–Crippen MR) is 225 cm³/mol. The molecule has 0 bridgehead atoms. The number of carbonyl (C=O) groups is 7. The van der Waals surface area contributed by atoms with E-state index in [2.05, 4.69) is 21.3 Å². The van der Waals surface area contributed by atoms with E-state index in [-0.39, 0.29) is 121 Å². The normalized spacial score (nSPS) is 12.0. The Morgan fingerprint density at radius 2 is 0.900 bits per heavy atom. The van der Waals surface area contributed by atoms with Gasteiger partial charge in [-0.25, -0.2) is 4.79 Å². The number of Topliss-reactive ketones (excluding diaryl/α,β-unsaturated/α-hetero) is 1. The zero-order chi connectivity index (χ0) is 44.5. The Balaban J connectivity index is 3.65. The Bertz CT molecular complexity index is 1180. The molecular weight excluding hydrogens is 782 g/mol. The number of nitrogens with two attached hydrogens (primary N) is 1. The molecule has 348 valence electrons. The highest BCUT2D eigenvalue weighted by molar-refractivity contribution is 5.84. The van der Waals surface area contributed by atoms with E-state index < -0.39 is 24.0 Å². The summed E-state index contributed by atoms with van der Waals surface area (Å²) in [7, 11) is 0. The monoisotopic (exact) mass is 860 g/mol. The first-order chi connectivity index (χ1) is 28.9. The molecule has 8 N–H and O–H groups in total. The van der Waals surface area contributed by atoms with Crippen LogP contribution in [-0.2, 0) is 52.5 Å². The smallest absolute Gasteiger partial charge is 0.326 e. The number of amides is 4. The van der Waals surface area contributed by atoms with Crippen LogP contribution >= 0.6 is 0 Å². The third kappa shape index (κ3) is 39.7. The second-order valence-corrected chi connectivity index (χ2v) is 14.9. The molecule has 2 unspecified atom stereocenters. The van der Waals surface area contributed by atoms with E-state index >= 15 is 0 Å². The van der Waals surface area contributed by atoms with Gasteiger partial charge in [-0.1, -0.05) is 77.0 Å². The molecule has 0 fully saturated rings. The summed E-state index contributed by atoms with van der Waals surface area (Å²) in [4.78, 5) is 81.4. The molecule has 0 aliphatic heterocycles. The molecule has 0 rings (SSSR count). The van der Waals surface area contributed by atoms with Gasteiger partial charge in [-0.2, -0.15) is 0 Å². The molecule has 0 aromatic heterocycles. The Kier molecular flexibility index (Phi) is 38.2. The van der Waals surface area contributed by atoms with E-state index in [0.29, 0.717) is 19.4 Å². The van der Waals surface area contributed by atoms with Crippen LogP contribution in [0.4, 0.5) is 0 Å². The Hall–Kier alpha value is -3.71. The van der Waals surface area contributed by atoms with Gasteiger partial charge in [0, 0.05) is 38.9 Å². The molecule has 0 aliphatic rings. The fourth-order valence-corrected chi connectivity index (χ4v) is 5.89.